The first kappa shape index (κ1) is 20.4. The maximum atomic E-state index is 11.8. The normalized spacial score (nSPS) is 11.0. The van der Waals surface area contributed by atoms with E-state index in [1.54, 1.807) is 24.3 Å². The van der Waals surface area contributed by atoms with E-state index in [4.69, 9.17) is 20.0 Å². The fourth-order valence-electron chi connectivity index (χ4n) is 1.91. The summed E-state index contributed by atoms with van der Waals surface area (Å²) in [6.45, 7) is -0.335. The first-order valence-electron chi connectivity index (χ1n) is 7.03. The SMILES string of the molecule is NC(=O)C(Cc1ccccc1)NC(=O)OCc1cc(=O)c(O)co1.[Zn+2]. The van der Waals surface area contributed by atoms with Gasteiger partial charge in [0.1, 0.15) is 18.1 Å². The molecule has 1 unspecified atom stereocenters. The van der Waals surface area contributed by atoms with Crippen LogP contribution in [0.4, 0.5) is 4.79 Å². The quantitative estimate of drug-likeness (QED) is 0.614. The van der Waals surface area contributed by atoms with Gasteiger partial charge in [0.05, 0.1) is 0 Å². The predicted molar refractivity (Wildman–Crippen MR) is 83.1 cm³/mol. The molecule has 0 saturated carbocycles. The molecule has 1 atom stereocenters. The minimum absolute atomic E-state index is 0. The summed E-state index contributed by atoms with van der Waals surface area (Å²) >= 11 is 0. The number of amides is 2. The van der Waals surface area contributed by atoms with E-state index < -0.39 is 29.2 Å². The van der Waals surface area contributed by atoms with Crippen molar-refractivity contribution >= 4 is 12.0 Å². The first-order valence-corrected chi connectivity index (χ1v) is 7.03. The number of aromatic hydroxyl groups is 1. The van der Waals surface area contributed by atoms with Gasteiger partial charge in [0.15, 0.2) is 12.4 Å². The smallest absolute Gasteiger partial charge is 0.502 e. The largest absolute Gasteiger partial charge is 2.00 e. The van der Waals surface area contributed by atoms with E-state index >= 15 is 0 Å². The maximum Gasteiger partial charge on any atom is 2.00 e. The van der Waals surface area contributed by atoms with Gasteiger partial charge in [0, 0.05) is 12.5 Å². The van der Waals surface area contributed by atoms with E-state index in [-0.39, 0.29) is 38.3 Å². The fraction of sp³-hybridized carbons (Fsp3) is 0.188. The summed E-state index contributed by atoms with van der Waals surface area (Å²) < 4.78 is 9.76. The number of hydrogen-bond donors (Lipinski definition) is 3. The van der Waals surface area contributed by atoms with Crippen LogP contribution >= 0.6 is 0 Å². The zero-order chi connectivity index (χ0) is 17.5. The Labute approximate surface area is 155 Å². The number of rotatable bonds is 6. The molecule has 0 aliphatic rings. The molecule has 2 rings (SSSR count). The molecule has 0 fully saturated rings. The number of benzene rings is 1. The topological polar surface area (TPSA) is 132 Å². The molecule has 0 aliphatic carbocycles. The Hall–Kier alpha value is -2.67. The average Bonchev–Trinajstić information content (AvgIpc) is 2.56. The minimum atomic E-state index is -0.938. The minimum Gasteiger partial charge on any atom is -0.502 e. The van der Waals surface area contributed by atoms with Gasteiger partial charge < -0.3 is 25.3 Å². The Kier molecular flexibility index (Phi) is 7.81. The summed E-state index contributed by atoms with van der Waals surface area (Å²) in [4.78, 5) is 34.5. The van der Waals surface area contributed by atoms with Crippen LogP contribution in [0.15, 0.2) is 51.9 Å². The van der Waals surface area contributed by atoms with Crippen molar-refractivity contribution in [2.45, 2.75) is 19.1 Å². The zero-order valence-electron chi connectivity index (χ0n) is 13.3. The van der Waals surface area contributed by atoms with Gasteiger partial charge in [-0.25, -0.2) is 4.79 Å². The number of carbonyl (C=O) groups is 2. The number of nitrogens with two attached hydrogens (primary N) is 1. The number of nitrogens with one attached hydrogen (secondary N) is 1. The molecule has 1 aromatic carbocycles. The molecular weight excluding hydrogens is 382 g/mol. The first-order chi connectivity index (χ1) is 11.5. The molecular formula is C16H16N2O6Zn+2. The van der Waals surface area contributed by atoms with Gasteiger partial charge in [0.2, 0.25) is 11.3 Å². The summed E-state index contributed by atoms with van der Waals surface area (Å²) in [7, 11) is 0. The van der Waals surface area contributed by atoms with Crippen molar-refractivity contribution in [2.24, 2.45) is 5.73 Å². The molecule has 0 saturated heterocycles. The van der Waals surface area contributed by atoms with E-state index in [1.807, 2.05) is 6.07 Å². The third-order valence-electron chi connectivity index (χ3n) is 3.13. The molecule has 8 nitrogen and oxygen atoms in total. The van der Waals surface area contributed by atoms with Crippen LogP contribution in [0.2, 0.25) is 0 Å². The van der Waals surface area contributed by atoms with Crippen LogP contribution in [0.25, 0.3) is 0 Å². The Morgan fingerprint density at radius 2 is 1.96 bits per heavy atom. The molecule has 2 amide bonds. The molecule has 9 heteroatoms. The van der Waals surface area contributed by atoms with Crippen molar-refractivity contribution < 1.29 is 43.3 Å². The molecule has 4 N–H and O–H groups in total. The Bertz CT molecular complexity index is 778. The third kappa shape index (κ3) is 6.39. The standard InChI is InChI=1S/C16H16N2O6.Zn/c17-15(21)12(6-10-4-2-1-3-5-10)18-16(22)24-8-11-7-13(19)14(20)9-23-11;/h1-5,7,9,12,20H,6,8H2,(H2,17,21)(H,18,22);/q;+2. The van der Waals surface area contributed by atoms with Crippen LogP contribution in [0.3, 0.4) is 0 Å². The second-order valence-corrected chi connectivity index (χ2v) is 4.96. The fourth-order valence-corrected chi connectivity index (χ4v) is 1.91. The van der Waals surface area contributed by atoms with E-state index in [0.29, 0.717) is 0 Å². The Morgan fingerprint density at radius 1 is 1.28 bits per heavy atom. The Morgan fingerprint density at radius 3 is 2.56 bits per heavy atom. The number of hydrogen-bond acceptors (Lipinski definition) is 6. The van der Waals surface area contributed by atoms with Crippen LogP contribution in [-0.2, 0) is 42.0 Å². The average molecular weight is 398 g/mol. The van der Waals surface area contributed by atoms with E-state index in [9.17, 15) is 14.4 Å². The van der Waals surface area contributed by atoms with Crippen LogP contribution in [0, 0.1) is 0 Å². The van der Waals surface area contributed by atoms with Crippen molar-refractivity contribution in [3.05, 3.63) is 64.2 Å². The van der Waals surface area contributed by atoms with Gasteiger partial charge in [0.25, 0.3) is 0 Å². The van der Waals surface area contributed by atoms with Gasteiger partial charge in [-0.3, -0.25) is 9.59 Å². The summed E-state index contributed by atoms with van der Waals surface area (Å²) in [5, 5.41) is 11.4. The third-order valence-corrected chi connectivity index (χ3v) is 3.13. The van der Waals surface area contributed by atoms with Crippen molar-refractivity contribution in [2.75, 3.05) is 0 Å². The molecule has 2 aromatic rings. The summed E-state index contributed by atoms with van der Waals surface area (Å²) in [6, 6.07) is 9.10. The predicted octanol–water partition coefficient (Wildman–Crippen LogP) is 0.666. The molecule has 25 heavy (non-hydrogen) atoms. The summed E-state index contributed by atoms with van der Waals surface area (Å²) in [5.74, 6) is -1.20. The number of primary amides is 1. The summed E-state index contributed by atoms with van der Waals surface area (Å²) in [5.41, 5.74) is 5.45. The van der Waals surface area contributed by atoms with Crippen LogP contribution in [-0.4, -0.2) is 23.1 Å². The number of carbonyl (C=O) groups excluding carboxylic acids is 2. The van der Waals surface area contributed by atoms with Gasteiger partial charge in [-0.15, -0.1) is 0 Å². The van der Waals surface area contributed by atoms with E-state index in [0.717, 1.165) is 17.9 Å². The molecule has 1 heterocycles. The molecule has 0 radical (unpaired) electrons. The van der Waals surface area contributed by atoms with E-state index in [2.05, 4.69) is 5.32 Å². The van der Waals surface area contributed by atoms with Crippen molar-refractivity contribution in [3.8, 4) is 5.75 Å². The Balaban J connectivity index is 0.00000312. The van der Waals surface area contributed by atoms with Crippen LogP contribution in [0.5, 0.6) is 5.75 Å². The molecule has 0 bridgehead atoms. The summed E-state index contributed by atoms with van der Waals surface area (Å²) in [6.07, 6.45) is 0.186. The van der Waals surface area contributed by atoms with Gasteiger partial charge >= 0.3 is 25.6 Å². The van der Waals surface area contributed by atoms with Gasteiger partial charge in [-0.1, -0.05) is 30.3 Å². The van der Waals surface area contributed by atoms with Crippen LogP contribution < -0.4 is 16.5 Å². The van der Waals surface area contributed by atoms with Crippen LogP contribution in [0.1, 0.15) is 11.3 Å². The van der Waals surface area contributed by atoms with Crippen molar-refractivity contribution in [3.63, 3.8) is 0 Å². The van der Waals surface area contributed by atoms with Gasteiger partial charge in [-0.2, -0.15) is 0 Å². The second kappa shape index (κ2) is 9.59. The molecule has 0 aliphatic heterocycles. The molecule has 1 aromatic heterocycles. The van der Waals surface area contributed by atoms with Crippen molar-refractivity contribution in [1.82, 2.24) is 5.32 Å². The molecule has 0 spiro atoms. The number of alkyl carbamates (subject to hydrolysis) is 1. The zero-order valence-corrected chi connectivity index (χ0v) is 16.3. The second-order valence-electron chi connectivity index (χ2n) is 4.96. The maximum absolute atomic E-state index is 11.8. The monoisotopic (exact) mass is 396 g/mol. The van der Waals surface area contributed by atoms with E-state index in [1.165, 1.54) is 0 Å². The molecule has 126 valence electrons. The van der Waals surface area contributed by atoms with Crippen molar-refractivity contribution in [1.29, 1.82) is 0 Å². The van der Waals surface area contributed by atoms with Gasteiger partial charge in [-0.05, 0) is 5.56 Å². The number of ether oxygens (including phenoxy) is 1.